The first-order valence-electron chi connectivity index (χ1n) is 5.65. The van der Waals surface area contributed by atoms with Crippen LogP contribution >= 0.6 is 27.3 Å². The Morgan fingerprint density at radius 2 is 1.86 bits per heavy atom. The van der Waals surface area contributed by atoms with E-state index in [0.717, 1.165) is 17.0 Å². The molecule has 0 bridgehead atoms. The van der Waals surface area contributed by atoms with Gasteiger partial charge in [0.2, 0.25) is 0 Å². The minimum atomic E-state index is -4.65. The van der Waals surface area contributed by atoms with Crippen LogP contribution in [0, 0.1) is 5.82 Å². The SMILES string of the molecule is CN(c1cc(F)cc(C(F)F)c1)c1nc(C(F)(F)F)c(Br)s1. The molecule has 0 aliphatic heterocycles. The molecule has 1 heterocycles. The Labute approximate surface area is 133 Å². The average Bonchev–Trinajstić information content (AvgIpc) is 2.79. The van der Waals surface area contributed by atoms with E-state index in [1.165, 1.54) is 7.05 Å². The van der Waals surface area contributed by atoms with Gasteiger partial charge >= 0.3 is 6.18 Å². The molecule has 2 rings (SSSR count). The Hall–Kier alpha value is -1.29. The van der Waals surface area contributed by atoms with Crippen molar-refractivity contribution in [1.82, 2.24) is 4.98 Å². The molecule has 0 N–H and O–H groups in total. The van der Waals surface area contributed by atoms with Gasteiger partial charge in [0, 0.05) is 18.3 Å². The smallest absolute Gasteiger partial charge is 0.321 e. The molecular weight excluding hydrogens is 398 g/mol. The van der Waals surface area contributed by atoms with Crippen LogP contribution < -0.4 is 4.90 Å². The maximum absolute atomic E-state index is 13.4. The van der Waals surface area contributed by atoms with Crippen LogP contribution in [0.1, 0.15) is 17.7 Å². The van der Waals surface area contributed by atoms with E-state index in [0.29, 0.717) is 17.4 Å². The number of thiazole rings is 1. The second kappa shape index (κ2) is 6.07. The van der Waals surface area contributed by atoms with Crippen molar-refractivity contribution in [2.75, 3.05) is 11.9 Å². The highest BCUT2D eigenvalue weighted by molar-refractivity contribution is 9.11. The van der Waals surface area contributed by atoms with Gasteiger partial charge in [-0.2, -0.15) is 13.2 Å². The molecule has 0 atom stereocenters. The fourth-order valence-electron chi connectivity index (χ4n) is 1.64. The van der Waals surface area contributed by atoms with Gasteiger partial charge in [-0.25, -0.2) is 18.2 Å². The van der Waals surface area contributed by atoms with Crippen LogP contribution in [0.2, 0.25) is 0 Å². The molecule has 0 fully saturated rings. The van der Waals surface area contributed by atoms with Crippen LogP contribution in [0.3, 0.4) is 0 Å². The summed E-state index contributed by atoms with van der Waals surface area (Å²) in [5.74, 6) is -0.911. The van der Waals surface area contributed by atoms with Gasteiger partial charge in [0.15, 0.2) is 10.8 Å². The average molecular weight is 405 g/mol. The Morgan fingerprint density at radius 3 is 2.36 bits per heavy atom. The first kappa shape index (κ1) is 17.1. The molecule has 1 aromatic carbocycles. The first-order valence-corrected chi connectivity index (χ1v) is 7.26. The number of aromatic nitrogens is 1. The maximum atomic E-state index is 13.4. The minimum Gasteiger partial charge on any atom is -0.321 e. The van der Waals surface area contributed by atoms with Crippen LogP contribution in [0.5, 0.6) is 0 Å². The van der Waals surface area contributed by atoms with Gasteiger partial charge in [-0.05, 0) is 34.1 Å². The number of hydrogen-bond acceptors (Lipinski definition) is 3. The zero-order chi connectivity index (χ0) is 16.7. The van der Waals surface area contributed by atoms with Crippen molar-refractivity contribution >= 4 is 38.1 Å². The summed E-state index contributed by atoms with van der Waals surface area (Å²) in [5.41, 5.74) is -1.70. The summed E-state index contributed by atoms with van der Waals surface area (Å²) in [4.78, 5) is 4.53. The van der Waals surface area contributed by atoms with Gasteiger partial charge in [-0.1, -0.05) is 11.3 Å². The van der Waals surface area contributed by atoms with Crippen LogP contribution in [0.15, 0.2) is 22.0 Å². The second-order valence-corrected chi connectivity index (χ2v) is 6.51. The predicted octanol–water partition coefficient (Wildman–Crippen LogP) is 5.77. The Bertz CT molecular complexity index is 685. The summed E-state index contributed by atoms with van der Waals surface area (Å²) in [6, 6.07) is 2.60. The van der Waals surface area contributed by atoms with E-state index in [9.17, 15) is 26.3 Å². The fraction of sp³-hybridized carbons (Fsp3) is 0.250. The minimum absolute atomic E-state index is 0.0229. The Kier molecular flexibility index (Phi) is 4.71. The first-order chi connectivity index (χ1) is 10.1. The molecule has 0 radical (unpaired) electrons. The third-order valence-corrected chi connectivity index (χ3v) is 4.46. The number of rotatable bonds is 3. The molecule has 0 spiro atoms. The highest BCUT2D eigenvalue weighted by Gasteiger charge is 2.37. The summed E-state index contributed by atoms with van der Waals surface area (Å²) >= 11 is 3.43. The number of nitrogens with zero attached hydrogens (tertiary/aromatic N) is 2. The highest BCUT2D eigenvalue weighted by Crippen LogP contribution is 2.41. The molecule has 10 heteroatoms. The molecule has 0 aliphatic rings. The third kappa shape index (κ3) is 3.54. The number of halogens is 7. The quantitative estimate of drug-likeness (QED) is 0.603. The molecule has 0 amide bonds. The van der Waals surface area contributed by atoms with Crippen molar-refractivity contribution in [2.45, 2.75) is 12.6 Å². The van der Waals surface area contributed by atoms with Crippen LogP contribution in [0.25, 0.3) is 0 Å². The van der Waals surface area contributed by atoms with Crippen molar-refractivity contribution in [3.63, 3.8) is 0 Å². The number of alkyl halides is 5. The van der Waals surface area contributed by atoms with Gasteiger partial charge in [0.25, 0.3) is 6.43 Å². The molecule has 2 aromatic rings. The summed E-state index contributed by atoms with van der Waals surface area (Å²) in [5, 5.41) is -0.106. The number of anilines is 2. The standard InChI is InChI=1S/C12H7BrF6N2S/c1-21(7-3-5(10(15)16)2-6(14)4-7)11-20-8(9(13)22-11)12(17,18)19/h2-4,10H,1H3. The zero-order valence-corrected chi connectivity index (χ0v) is 13.2. The lowest BCUT2D eigenvalue weighted by Crippen LogP contribution is -2.12. The van der Waals surface area contributed by atoms with Crippen molar-refractivity contribution < 1.29 is 26.3 Å². The van der Waals surface area contributed by atoms with Gasteiger partial charge in [0.05, 0.1) is 0 Å². The monoisotopic (exact) mass is 404 g/mol. The lowest BCUT2D eigenvalue weighted by atomic mass is 10.2. The van der Waals surface area contributed by atoms with Gasteiger partial charge in [0.1, 0.15) is 9.60 Å². The second-order valence-electron chi connectivity index (χ2n) is 4.22. The van der Waals surface area contributed by atoms with E-state index >= 15 is 0 Å². The van der Waals surface area contributed by atoms with E-state index in [1.807, 2.05) is 0 Å². The van der Waals surface area contributed by atoms with E-state index < -0.39 is 29.7 Å². The number of hydrogen-bond donors (Lipinski definition) is 0. The molecule has 0 aliphatic carbocycles. The lowest BCUT2D eigenvalue weighted by Gasteiger charge is -2.17. The summed E-state index contributed by atoms with van der Waals surface area (Å²) in [6.07, 6.45) is -7.54. The van der Waals surface area contributed by atoms with Crippen LogP contribution in [0.4, 0.5) is 37.2 Å². The van der Waals surface area contributed by atoms with Gasteiger partial charge in [-0.15, -0.1) is 0 Å². The number of benzene rings is 1. The molecule has 1 aromatic heterocycles. The van der Waals surface area contributed by atoms with Crippen molar-refractivity contribution in [3.05, 3.63) is 39.1 Å². The van der Waals surface area contributed by atoms with Crippen molar-refractivity contribution in [3.8, 4) is 0 Å². The summed E-state index contributed by atoms with van der Waals surface area (Å²) in [6.45, 7) is 0. The van der Waals surface area contributed by atoms with E-state index in [-0.39, 0.29) is 14.6 Å². The fourth-order valence-corrected chi connectivity index (χ4v) is 3.18. The van der Waals surface area contributed by atoms with Gasteiger partial charge < -0.3 is 4.90 Å². The van der Waals surface area contributed by atoms with E-state index in [1.54, 1.807) is 0 Å². The third-order valence-electron chi connectivity index (χ3n) is 2.67. The highest BCUT2D eigenvalue weighted by atomic mass is 79.9. The molecule has 22 heavy (non-hydrogen) atoms. The Morgan fingerprint density at radius 1 is 1.23 bits per heavy atom. The van der Waals surface area contributed by atoms with Crippen LogP contribution in [-0.4, -0.2) is 12.0 Å². The van der Waals surface area contributed by atoms with Crippen LogP contribution in [-0.2, 0) is 6.18 Å². The molecular formula is C12H7BrF6N2S. The van der Waals surface area contributed by atoms with E-state index in [2.05, 4.69) is 20.9 Å². The topological polar surface area (TPSA) is 16.1 Å². The molecule has 0 saturated heterocycles. The summed E-state index contributed by atoms with van der Waals surface area (Å²) < 4.78 is 76.5. The predicted molar refractivity (Wildman–Crippen MR) is 74.2 cm³/mol. The van der Waals surface area contributed by atoms with E-state index in [4.69, 9.17) is 0 Å². The normalized spacial score (nSPS) is 12.0. The lowest BCUT2D eigenvalue weighted by molar-refractivity contribution is -0.141. The largest absolute Gasteiger partial charge is 0.435 e. The molecule has 0 saturated carbocycles. The Balaban J connectivity index is 2.42. The van der Waals surface area contributed by atoms with Crippen molar-refractivity contribution in [2.24, 2.45) is 0 Å². The van der Waals surface area contributed by atoms with Crippen molar-refractivity contribution in [1.29, 1.82) is 0 Å². The molecule has 120 valence electrons. The summed E-state index contributed by atoms with van der Waals surface area (Å²) in [7, 11) is 1.31. The van der Waals surface area contributed by atoms with Gasteiger partial charge in [-0.3, -0.25) is 0 Å². The molecule has 0 unspecified atom stereocenters. The molecule has 2 nitrogen and oxygen atoms in total. The maximum Gasteiger partial charge on any atom is 0.435 e. The zero-order valence-electron chi connectivity index (χ0n) is 10.8.